The molecular weight excluding hydrogens is 138 g/mol. The maximum Gasteiger partial charge on any atom is 0.109 e. The average Bonchev–Trinajstić information content (AvgIpc) is 2.50. The van der Waals surface area contributed by atoms with E-state index in [2.05, 4.69) is 21.8 Å². The van der Waals surface area contributed by atoms with Crippen LogP contribution in [-0.2, 0) is 0 Å². The van der Waals surface area contributed by atoms with Crippen molar-refractivity contribution in [2.45, 2.75) is 0 Å². The van der Waals surface area contributed by atoms with Crippen LogP contribution in [0.15, 0.2) is 25.0 Å². The summed E-state index contributed by atoms with van der Waals surface area (Å²) in [5.74, 6) is 0. The lowest BCUT2D eigenvalue weighted by molar-refractivity contribution is 1.12. The molecule has 0 aliphatic rings. The van der Waals surface area contributed by atoms with Crippen molar-refractivity contribution in [1.82, 2.24) is 15.2 Å². The van der Waals surface area contributed by atoms with Gasteiger partial charge in [0.1, 0.15) is 5.52 Å². The van der Waals surface area contributed by atoms with Gasteiger partial charge >= 0.3 is 0 Å². The first-order valence-corrected chi connectivity index (χ1v) is 3.32. The zero-order valence-electron chi connectivity index (χ0n) is 5.91. The van der Waals surface area contributed by atoms with Gasteiger partial charge in [-0.15, -0.1) is 0 Å². The van der Waals surface area contributed by atoms with Crippen molar-refractivity contribution in [3.8, 4) is 0 Å². The maximum atomic E-state index is 4.11. The van der Waals surface area contributed by atoms with Crippen LogP contribution in [0, 0.1) is 0 Å². The van der Waals surface area contributed by atoms with E-state index in [1.54, 1.807) is 18.5 Å². The summed E-state index contributed by atoms with van der Waals surface area (Å²) < 4.78 is 0. The van der Waals surface area contributed by atoms with E-state index in [9.17, 15) is 0 Å². The molecule has 2 aromatic heterocycles. The number of nitrogens with zero attached hydrogens (tertiary/aromatic N) is 2. The highest BCUT2D eigenvalue weighted by atomic mass is 15.1. The van der Waals surface area contributed by atoms with Gasteiger partial charge in [-0.05, 0) is 6.07 Å². The van der Waals surface area contributed by atoms with Gasteiger partial charge in [0.25, 0.3) is 0 Å². The third-order valence-electron chi connectivity index (χ3n) is 1.60. The van der Waals surface area contributed by atoms with Gasteiger partial charge in [0.2, 0.25) is 0 Å². The third-order valence-corrected chi connectivity index (χ3v) is 1.60. The zero-order chi connectivity index (χ0) is 7.68. The Morgan fingerprint density at radius 1 is 1.55 bits per heavy atom. The van der Waals surface area contributed by atoms with Gasteiger partial charge in [-0.25, -0.2) is 0 Å². The molecule has 0 aromatic carbocycles. The number of aromatic amines is 1. The summed E-state index contributed by atoms with van der Waals surface area (Å²) in [6.07, 6.45) is 5.22. The van der Waals surface area contributed by atoms with E-state index in [4.69, 9.17) is 0 Å². The van der Waals surface area contributed by atoms with Gasteiger partial charge < -0.3 is 0 Å². The number of hydrogen-bond donors (Lipinski definition) is 1. The monoisotopic (exact) mass is 145 g/mol. The Morgan fingerprint density at radius 3 is 3.27 bits per heavy atom. The highest BCUT2D eigenvalue weighted by Gasteiger charge is 1.98. The second kappa shape index (κ2) is 2.20. The van der Waals surface area contributed by atoms with E-state index in [1.165, 1.54) is 0 Å². The molecule has 0 aliphatic carbocycles. The van der Waals surface area contributed by atoms with Crippen LogP contribution in [0.3, 0.4) is 0 Å². The summed E-state index contributed by atoms with van der Waals surface area (Å²) in [5, 5.41) is 6.73. The van der Waals surface area contributed by atoms with Crippen molar-refractivity contribution >= 4 is 17.1 Å². The first kappa shape index (κ1) is 6.09. The van der Waals surface area contributed by atoms with Crippen molar-refractivity contribution < 1.29 is 0 Å². The fourth-order valence-corrected chi connectivity index (χ4v) is 1.04. The third kappa shape index (κ3) is 0.816. The maximum absolute atomic E-state index is 4.11. The summed E-state index contributed by atoms with van der Waals surface area (Å²) in [6, 6.07) is 1.90. The summed E-state index contributed by atoms with van der Waals surface area (Å²) in [6.45, 7) is 3.69. The first-order valence-electron chi connectivity index (χ1n) is 3.32. The largest absolute Gasteiger partial charge is 0.276 e. The van der Waals surface area contributed by atoms with Gasteiger partial charge in [-0.3, -0.25) is 10.1 Å². The number of H-pyrrole nitrogens is 1. The lowest BCUT2D eigenvalue weighted by Gasteiger charge is -1.91. The molecule has 54 valence electrons. The highest BCUT2D eigenvalue weighted by molar-refractivity contribution is 5.82. The molecule has 1 N–H and O–H groups in total. The summed E-state index contributed by atoms with van der Waals surface area (Å²) in [5.41, 5.74) is 2.86. The molecule has 2 heterocycles. The second-order valence-electron chi connectivity index (χ2n) is 2.23. The highest BCUT2D eigenvalue weighted by Crippen LogP contribution is 2.12. The van der Waals surface area contributed by atoms with Crippen LogP contribution in [0.2, 0.25) is 0 Å². The Kier molecular flexibility index (Phi) is 1.22. The fourth-order valence-electron chi connectivity index (χ4n) is 1.04. The van der Waals surface area contributed by atoms with Crippen molar-refractivity contribution in [3.63, 3.8) is 0 Å². The van der Waals surface area contributed by atoms with E-state index in [1.807, 2.05) is 6.07 Å². The lowest BCUT2D eigenvalue weighted by atomic mass is 10.2. The molecule has 0 bridgehead atoms. The zero-order valence-corrected chi connectivity index (χ0v) is 5.91. The van der Waals surface area contributed by atoms with Crippen LogP contribution in [0.25, 0.3) is 17.1 Å². The molecule has 0 unspecified atom stereocenters. The van der Waals surface area contributed by atoms with Crippen LogP contribution >= 0.6 is 0 Å². The smallest absolute Gasteiger partial charge is 0.109 e. The van der Waals surface area contributed by atoms with Crippen LogP contribution < -0.4 is 0 Å². The number of aromatic nitrogens is 3. The second-order valence-corrected chi connectivity index (χ2v) is 2.23. The van der Waals surface area contributed by atoms with Gasteiger partial charge in [-0.2, -0.15) is 5.10 Å². The molecule has 3 heteroatoms. The predicted octanol–water partition coefficient (Wildman–Crippen LogP) is 1.60. The summed E-state index contributed by atoms with van der Waals surface area (Å²) in [4.78, 5) is 4.11. The van der Waals surface area contributed by atoms with Crippen LogP contribution in [-0.4, -0.2) is 15.2 Å². The van der Waals surface area contributed by atoms with Gasteiger partial charge in [-0.1, -0.05) is 12.7 Å². The normalized spacial score (nSPS) is 10.2. The fraction of sp³-hybridized carbons (Fsp3) is 0. The molecule has 0 aliphatic heterocycles. The predicted molar refractivity (Wildman–Crippen MR) is 44.0 cm³/mol. The Labute approximate surface area is 63.8 Å². The lowest BCUT2D eigenvalue weighted by Crippen LogP contribution is -1.78. The molecule has 11 heavy (non-hydrogen) atoms. The summed E-state index contributed by atoms with van der Waals surface area (Å²) in [7, 11) is 0. The van der Waals surface area contributed by atoms with Crippen molar-refractivity contribution in [1.29, 1.82) is 0 Å². The topological polar surface area (TPSA) is 41.6 Å². The van der Waals surface area contributed by atoms with Crippen LogP contribution in [0.5, 0.6) is 0 Å². The molecule has 3 nitrogen and oxygen atoms in total. The molecule has 2 rings (SSSR count). The van der Waals surface area contributed by atoms with Crippen LogP contribution in [0.4, 0.5) is 0 Å². The Balaban J connectivity index is 2.88. The van der Waals surface area contributed by atoms with E-state index in [0.29, 0.717) is 0 Å². The molecule has 0 atom stereocenters. The van der Waals surface area contributed by atoms with E-state index in [-0.39, 0.29) is 0 Å². The van der Waals surface area contributed by atoms with E-state index < -0.39 is 0 Å². The van der Waals surface area contributed by atoms with E-state index in [0.717, 1.165) is 16.6 Å². The molecule has 0 radical (unpaired) electrons. The first-order chi connectivity index (χ1) is 5.42. The number of pyridine rings is 1. The minimum absolute atomic E-state index is 0.877. The molecule has 0 saturated carbocycles. The average molecular weight is 145 g/mol. The number of hydrogen-bond acceptors (Lipinski definition) is 2. The Morgan fingerprint density at radius 2 is 2.45 bits per heavy atom. The number of rotatable bonds is 1. The minimum atomic E-state index is 0.877. The summed E-state index contributed by atoms with van der Waals surface area (Å²) >= 11 is 0. The molecule has 0 amide bonds. The van der Waals surface area contributed by atoms with Crippen LogP contribution in [0.1, 0.15) is 5.56 Å². The molecular formula is C8H7N3. The molecule has 2 aromatic rings. The minimum Gasteiger partial charge on any atom is -0.276 e. The standard InChI is InChI=1S/C8H7N3/c1-2-6-3-4-9-7-5-10-11-8(6)7/h2-5H,1H2,(H,10,11). The molecule has 0 spiro atoms. The molecule has 0 saturated heterocycles. The van der Waals surface area contributed by atoms with Gasteiger partial charge in [0, 0.05) is 11.8 Å². The number of nitrogens with one attached hydrogen (secondary N) is 1. The SMILES string of the molecule is C=Cc1ccnc2cn[nH]c12. The van der Waals surface area contributed by atoms with Crippen molar-refractivity contribution in [3.05, 3.63) is 30.6 Å². The quantitative estimate of drug-likeness (QED) is 0.662. The number of fused-ring (bicyclic) bond motifs is 1. The van der Waals surface area contributed by atoms with Gasteiger partial charge in [0.15, 0.2) is 0 Å². The Bertz CT molecular complexity index is 389. The molecule has 0 fully saturated rings. The van der Waals surface area contributed by atoms with Gasteiger partial charge in [0.05, 0.1) is 11.7 Å². The van der Waals surface area contributed by atoms with Crippen molar-refractivity contribution in [2.75, 3.05) is 0 Å². The Hall–Kier alpha value is -1.64. The van der Waals surface area contributed by atoms with E-state index >= 15 is 0 Å². The van der Waals surface area contributed by atoms with Crippen molar-refractivity contribution in [2.24, 2.45) is 0 Å².